The van der Waals surface area contributed by atoms with E-state index in [0.29, 0.717) is 0 Å². The highest BCUT2D eigenvalue weighted by atomic mass is 35.5. The average Bonchev–Trinajstić information content (AvgIpc) is 3.32. The maximum atomic E-state index is 6.39. The number of likely N-dealkylation sites (N-methyl/N-ethyl adjacent to an activating group) is 1. The van der Waals surface area contributed by atoms with Crippen LogP contribution in [0.5, 0.6) is 0 Å². The van der Waals surface area contributed by atoms with Gasteiger partial charge >= 0.3 is 0 Å². The van der Waals surface area contributed by atoms with E-state index in [2.05, 4.69) is 76.6 Å². The van der Waals surface area contributed by atoms with Crippen LogP contribution in [0.4, 0.5) is 0 Å². The van der Waals surface area contributed by atoms with Crippen molar-refractivity contribution in [3.05, 3.63) is 48.6 Å². The van der Waals surface area contributed by atoms with Crippen molar-refractivity contribution < 1.29 is 26.4 Å². The third kappa shape index (κ3) is 29.3. The molecule has 4 heteroatoms. The molecule has 1 fully saturated rings. The topological polar surface area (TPSA) is 18.5 Å². The van der Waals surface area contributed by atoms with Gasteiger partial charge in [0.1, 0.15) is 25.3 Å². The Labute approximate surface area is 294 Å². The van der Waals surface area contributed by atoms with Crippen LogP contribution in [0, 0.1) is 0 Å². The number of hydrogen-bond acceptors (Lipinski definition) is 2. The van der Waals surface area contributed by atoms with E-state index in [0.717, 1.165) is 43.6 Å². The summed E-state index contributed by atoms with van der Waals surface area (Å²) in [5.41, 5.74) is 0. The Morgan fingerprint density at radius 1 is 0.435 bits per heavy atom. The van der Waals surface area contributed by atoms with Gasteiger partial charge in [0.2, 0.25) is 0 Å². The highest BCUT2D eigenvalue weighted by Crippen LogP contribution is 2.22. The predicted molar refractivity (Wildman–Crippen MR) is 200 cm³/mol. The first-order chi connectivity index (χ1) is 22.1. The molecule has 0 aromatic rings. The molecule has 0 amide bonds. The zero-order valence-corrected chi connectivity index (χ0v) is 32.0. The van der Waals surface area contributed by atoms with Gasteiger partial charge in [0.25, 0.3) is 0 Å². The number of halogens is 1. The van der Waals surface area contributed by atoms with Crippen LogP contribution in [0.15, 0.2) is 48.6 Å². The third-order valence-electron chi connectivity index (χ3n) is 9.12. The van der Waals surface area contributed by atoms with Crippen LogP contribution in [-0.2, 0) is 9.47 Å². The van der Waals surface area contributed by atoms with Gasteiger partial charge in [0, 0.05) is 13.2 Å². The Hall–Kier alpha value is -0.870. The fraction of sp³-hybridized carbons (Fsp3) is 0.810. The number of rotatable bonds is 32. The molecule has 1 aliphatic heterocycles. The second-order valence-electron chi connectivity index (χ2n) is 14.3. The van der Waals surface area contributed by atoms with E-state index in [1.54, 1.807) is 0 Å². The van der Waals surface area contributed by atoms with Crippen LogP contribution >= 0.6 is 0 Å². The van der Waals surface area contributed by atoms with Crippen molar-refractivity contribution in [1.82, 2.24) is 0 Å². The van der Waals surface area contributed by atoms with Crippen LogP contribution in [0.2, 0.25) is 0 Å². The number of unbranched alkanes of at least 4 members (excludes halogenated alkanes) is 18. The summed E-state index contributed by atoms with van der Waals surface area (Å²) in [4.78, 5) is 0. The van der Waals surface area contributed by atoms with Crippen LogP contribution in [0.3, 0.4) is 0 Å². The highest BCUT2D eigenvalue weighted by molar-refractivity contribution is 4.93. The number of ether oxygens (including phenoxy) is 2. The van der Waals surface area contributed by atoms with Crippen molar-refractivity contribution in [1.29, 1.82) is 0 Å². The van der Waals surface area contributed by atoms with E-state index in [1.807, 2.05) is 0 Å². The molecule has 0 spiro atoms. The van der Waals surface area contributed by atoms with E-state index in [9.17, 15) is 0 Å². The van der Waals surface area contributed by atoms with Crippen molar-refractivity contribution >= 4 is 0 Å². The minimum atomic E-state index is 0. The van der Waals surface area contributed by atoms with Gasteiger partial charge < -0.3 is 26.4 Å². The molecular formula is C42H78ClNO2. The lowest BCUT2D eigenvalue weighted by atomic mass is 10.1. The van der Waals surface area contributed by atoms with Crippen LogP contribution in [0.1, 0.15) is 168 Å². The van der Waals surface area contributed by atoms with Crippen LogP contribution in [0.25, 0.3) is 0 Å². The lowest BCUT2D eigenvalue weighted by molar-refractivity contribution is -0.880. The molecule has 0 bridgehead atoms. The lowest BCUT2D eigenvalue weighted by Crippen LogP contribution is -3.00. The number of allylic oxidation sites excluding steroid dienone is 8. The second-order valence-corrected chi connectivity index (χ2v) is 14.3. The minimum absolute atomic E-state index is 0. The summed E-state index contributed by atoms with van der Waals surface area (Å²) in [7, 11) is 4.64. The normalized spacial score (nSPS) is 18.2. The SMILES string of the molecule is CCCCCC=CCC=CCCCCCCCCO[C@H]1C[N+](C)(C)C[C@H]1OCCCCCCCCC=CCC=CCCCCC.[Cl-]. The van der Waals surface area contributed by atoms with Crippen molar-refractivity contribution in [2.75, 3.05) is 40.4 Å². The second kappa shape index (κ2) is 34.0. The van der Waals surface area contributed by atoms with Gasteiger partial charge in [-0.3, -0.25) is 0 Å². The van der Waals surface area contributed by atoms with Gasteiger partial charge in [-0.05, 0) is 77.0 Å². The Kier molecular flexibility index (Phi) is 33.4. The van der Waals surface area contributed by atoms with Gasteiger partial charge in [0.15, 0.2) is 0 Å². The smallest absolute Gasteiger partial charge is 0.138 e. The van der Waals surface area contributed by atoms with Crippen LogP contribution < -0.4 is 12.4 Å². The largest absolute Gasteiger partial charge is 1.00 e. The van der Waals surface area contributed by atoms with E-state index in [-0.39, 0.29) is 24.6 Å². The summed E-state index contributed by atoms with van der Waals surface area (Å²) < 4.78 is 13.8. The van der Waals surface area contributed by atoms with E-state index in [1.165, 1.54) is 141 Å². The first-order valence-corrected chi connectivity index (χ1v) is 19.7. The molecule has 3 nitrogen and oxygen atoms in total. The zero-order valence-electron chi connectivity index (χ0n) is 31.2. The van der Waals surface area contributed by atoms with Crippen molar-refractivity contribution in [2.24, 2.45) is 0 Å². The lowest BCUT2D eigenvalue weighted by Gasteiger charge is -2.22. The molecule has 0 aliphatic carbocycles. The van der Waals surface area contributed by atoms with E-state index in [4.69, 9.17) is 9.47 Å². The molecule has 0 saturated carbocycles. The van der Waals surface area contributed by atoms with E-state index >= 15 is 0 Å². The minimum Gasteiger partial charge on any atom is -1.00 e. The first-order valence-electron chi connectivity index (χ1n) is 19.7. The Bertz CT molecular complexity index is 684. The summed E-state index contributed by atoms with van der Waals surface area (Å²) in [6.45, 7) is 8.48. The third-order valence-corrected chi connectivity index (χ3v) is 9.12. The maximum Gasteiger partial charge on any atom is 0.138 e. The summed E-state index contributed by atoms with van der Waals surface area (Å²) in [6.07, 6.45) is 50.3. The molecule has 0 N–H and O–H groups in total. The molecule has 0 aromatic heterocycles. The molecule has 270 valence electrons. The molecule has 0 radical (unpaired) electrons. The van der Waals surface area contributed by atoms with Crippen molar-refractivity contribution in [3.63, 3.8) is 0 Å². The molecule has 1 saturated heterocycles. The molecule has 0 aromatic carbocycles. The molecule has 46 heavy (non-hydrogen) atoms. The maximum absolute atomic E-state index is 6.39. The number of quaternary nitrogens is 1. The number of likely N-dealkylation sites (tertiary alicyclic amines) is 1. The zero-order chi connectivity index (χ0) is 32.5. The standard InChI is InChI=1S/C42H78NO2.ClH/c1-5-7-9-11-13-15-17-19-21-23-25-27-29-31-33-35-37-44-41-39-43(3,4)40-42(41)45-38-36-34-32-30-28-26-24-22-20-18-16-14-12-10-8-6-2;/h13-16,19-22,41-42H,5-12,17-18,23-40H2,1-4H3;1H/q+1;/p-1/t41-,42+;. The van der Waals surface area contributed by atoms with Gasteiger partial charge in [-0.2, -0.15) is 0 Å². The summed E-state index contributed by atoms with van der Waals surface area (Å²) >= 11 is 0. The first kappa shape index (κ1) is 45.1. The average molecular weight is 665 g/mol. The Morgan fingerprint density at radius 3 is 1.09 bits per heavy atom. The summed E-state index contributed by atoms with van der Waals surface area (Å²) in [6, 6.07) is 0. The molecule has 1 rings (SSSR count). The van der Waals surface area contributed by atoms with E-state index < -0.39 is 0 Å². The summed E-state index contributed by atoms with van der Waals surface area (Å²) in [5.74, 6) is 0. The number of nitrogens with zero attached hydrogens (tertiary/aromatic N) is 1. The quantitative estimate of drug-likeness (QED) is 0.0406. The Balaban J connectivity index is 0.0000202. The number of hydrogen-bond donors (Lipinski definition) is 0. The van der Waals surface area contributed by atoms with Gasteiger partial charge in [0.05, 0.1) is 14.1 Å². The Morgan fingerprint density at radius 2 is 0.739 bits per heavy atom. The molecule has 0 unspecified atom stereocenters. The van der Waals surface area contributed by atoms with Gasteiger partial charge in [-0.25, -0.2) is 0 Å². The van der Waals surface area contributed by atoms with Crippen molar-refractivity contribution in [2.45, 2.75) is 180 Å². The predicted octanol–water partition coefficient (Wildman–Crippen LogP) is 9.48. The molecule has 1 aliphatic rings. The molecule has 1 heterocycles. The fourth-order valence-corrected chi connectivity index (χ4v) is 6.25. The van der Waals surface area contributed by atoms with Gasteiger partial charge in [-0.1, -0.05) is 140 Å². The fourth-order valence-electron chi connectivity index (χ4n) is 6.25. The van der Waals surface area contributed by atoms with Crippen LogP contribution in [-0.4, -0.2) is 57.1 Å². The highest BCUT2D eigenvalue weighted by Gasteiger charge is 2.41. The summed E-state index contributed by atoms with van der Waals surface area (Å²) in [5, 5.41) is 0. The monoisotopic (exact) mass is 664 g/mol. The molecular weight excluding hydrogens is 586 g/mol. The molecule has 2 atom stereocenters. The van der Waals surface area contributed by atoms with Gasteiger partial charge in [-0.15, -0.1) is 0 Å². The van der Waals surface area contributed by atoms with Crippen molar-refractivity contribution in [3.8, 4) is 0 Å².